The van der Waals surface area contributed by atoms with Gasteiger partial charge < -0.3 is 0 Å². The van der Waals surface area contributed by atoms with Gasteiger partial charge in [-0.1, -0.05) is 12.1 Å². The van der Waals surface area contributed by atoms with Gasteiger partial charge in [0, 0.05) is 18.9 Å². The Balaban J connectivity index is 2.25. The Hall–Kier alpha value is -1.72. The lowest BCUT2D eigenvalue weighted by atomic mass is 10.1. The van der Waals surface area contributed by atoms with Gasteiger partial charge in [0.15, 0.2) is 0 Å². The van der Waals surface area contributed by atoms with Crippen molar-refractivity contribution in [3.63, 3.8) is 0 Å². The molecule has 0 aliphatic heterocycles. The highest BCUT2D eigenvalue weighted by Gasteiger charge is 2.18. The maximum Gasteiger partial charge on any atom is 0.241 e. The number of pyridine rings is 1. The van der Waals surface area contributed by atoms with E-state index in [-0.39, 0.29) is 6.54 Å². The SMILES string of the molecule is Cc1ccc(S(=O)(=O)NCc2cccnc2)c(C)c1C. The molecule has 0 unspecified atom stereocenters. The summed E-state index contributed by atoms with van der Waals surface area (Å²) in [5, 5.41) is 0. The van der Waals surface area contributed by atoms with Gasteiger partial charge in [-0.05, 0) is 55.2 Å². The first-order chi connectivity index (χ1) is 9.42. The van der Waals surface area contributed by atoms with Crippen LogP contribution in [0.2, 0.25) is 0 Å². The third-order valence-corrected chi connectivity index (χ3v) is 5.03. The highest BCUT2D eigenvalue weighted by atomic mass is 32.2. The molecule has 0 spiro atoms. The molecule has 20 heavy (non-hydrogen) atoms. The van der Waals surface area contributed by atoms with E-state index in [0.717, 1.165) is 22.3 Å². The van der Waals surface area contributed by atoms with Crippen molar-refractivity contribution in [2.75, 3.05) is 0 Å². The number of aromatic nitrogens is 1. The van der Waals surface area contributed by atoms with Crippen molar-refractivity contribution in [2.24, 2.45) is 0 Å². The third-order valence-electron chi connectivity index (χ3n) is 3.49. The van der Waals surface area contributed by atoms with Crippen molar-refractivity contribution in [2.45, 2.75) is 32.2 Å². The van der Waals surface area contributed by atoms with Gasteiger partial charge in [0.25, 0.3) is 0 Å². The molecule has 5 heteroatoms. The predicted octanol–water partition coefficient (Wildman–Crippen LogP) is 2.49. The van der Waals surface area contributed by atoms with Crippen LogP contribution in [-0.2, 0) is 16.6 Å². The summed E-state index contributed by atoms with van der Waals surface area (Å²) in [6, 6.07) is 7.11. The van der Waals surface area contributed by atoms with Gasteiger partial charge in [-0.25, -0.2) is 13.1 Å². The van der Waals surface area contributed by atoms with Crippen LogP contribution in [0.5, 0.6) is 0 Å². The highest BCUT2D eigenvalue weighted by molar-refractivity contribution is 7.89. The summed E-state index contributed by atoms with van der Waals surface area (Å²) in [4.78, 5) is 4.30. The lowest BCUT2D eigenvalue weighted by Gasteiger charge is -2.12. The van der Waals surface area contributed by atoms with Crippen LogP contribution in [0.3, 0.4) is 0 Å². The normalized spacial score (nSPS) is 11.6. The monoisotopic (exact) mass is 290 g/mol. The van der Waals surface area contributed by atoms with Crippen LogP contribution in [-0.4, -0.2) is 13.4 Å². The summed E-state index contributed by atoms with van der Waals surface area (Å²) in [7, 11) is -3.51. The molecular formula is C15H18N2O2S. The first-order valence-electron chi connectivity index (χ1n) is 6.37. The standard InChI is InChI=1S/C15H18N2O2S/c1-11-6-7-15(13(3)12(11)2)20(18,19)17-10-14-5-4-8-16-9-14/h4-9,17H,10H2,1-3H3. The fraction of sp³-hybridized carbons (Fsp3) is 0.267. The molecule has 1 aromatic heterocycles. The molecule has 0 atom stereocenters. The maximum atomic E-state index is 12.4. The number of hydrogen-bond donors (Lipinski definition) is 1. The van der Waals surface area contributed by atoms with Crippen molar-refractivity contribution in [1.82, 2.24) is 9.71 Å². The van der Waals surface area contributed by atoms with Crippen molar-refractivity contribution in [3.05, 3.63) is 58.9 Å². The van der Waals surface area contributed by atoms with Crippen molar-refractivity contribution in [1.29, 1.82) is 0 Å². The summed E-state index contributed by atoms with van der Waals surface area (Å²) >= 11 is 0. The third kappa shape index (κ3) is 3.05. The molecule has 1 N–H and O–H groups in total. The molecule has 1 heterocycles. The first-order valence-corrected chi connectivity index (χ1v) is 7.85. The van der Waals surface area contributed by atoms with Gasteiger partial charge >= 0.3 is 0 Å². The number of aryl methyl sites for hydroxylation is 1. The fourth-order valence-electron chi connectivity index (χ4n) is 1.98. The molecule has 0 saturated heterocycles. The zero-order chi connectivity index (χ0) is 14.8. The second kappa shape index (κ2) is 5.73. The summed E-state index contributed by atoms with van der Waals surface area (Å²) in [5.74, 6) is 0. The van der Waals surface area contributed by atoms with E-state index in [9.17, 15) is 8.42 Å². The smallest absolute Gasteiger partial charge is 0.241 e. The second-order valence-corrected chi connectivity index (χ2v) is 6.55. The number of nitrogens with zero attached hydrogens (tertiary/aromatic N) is 1. The highest BCUT2D eigenvalue weighted by Crippen LogP contribution is 2.21. The van der Waals surface area contributed by atoms with Crippen molar-refractivity contribution >= 4 is 10.0 Å². The van der Waals surface area contributed by atoms with Crippen LogP contribution in [0.25, 0.3) is 0 Å². The Bertz CT molecular complexity index is 710. The topological polar surface area (TPSA) is 59.1 Å². The molecule has 106 valence electrons. The first kappa shape index (κ1) is 14.7. The van der Waals surface area contributed by atoms with E-state index in [1.54, 1.807) is 24.5 Å². The molecule has 2 aromatic rings. The Morgan fingerprint density at radius 3 is 2.50 bits per heavy atom. The molecule has 0 amide bonds. The zero-order valence-electron chi connectivity index (χ0n) is 11.8. The van der Waals surface area contributed by atoms with E-state index in [0.29, 0.717) is 4.90 Å². The van der Waals surface area contributed by atoms with Crippen LogP contribution < -0.4 is 4.72 Å². The molecule has 0 aliphatic carbocycles. The molecular weight excluding hydrogens is 272 g/mol. The molecule has 2 rings (SSSR count). The van der Waals surface area contributed by atoms with E-state index < -0.39 is 10.0 Å². The van der Waals surface area contributed by atoms with E-state index >= 15 is 0 Å². The number of sulfonamides is 1. The van der Waals surface area contributed by atoms with Crippen molar-refractivity contribution in [3.8, 4) is 0 Å². The zero-order valence-corrected chi connectivity index (χ0v) is 12.7. The van der Waals surface area contributed by atoms with E-state index in [1.807, 2.05) is 32.9 Å². The summed E-state index contributed by atoms with van der Waals surface area (Å²) < 4.78 is 27.3. The summed E-state index contributed by atoms with van der Waals surface area (Å²) in [6.07, 6.45) is 3.31. The van der Waals surface area contributed by atoms with Crippen LogP contribution in [0.1, 0.15) is 22.3 Å². The Morgan fingerprint density at radius 1 is 1.10 bits per heavy atom. The largest absolute Gasteiger partial charge is 0.264 e. The number of hydrogen-bond acceptors (Lipinski definition) is 3. The van der Waals surface area contributed by atoms with Gasteiger partial charge in [0.1, 0.15) is 0 Å². The Kier molecular flexibility index (Phi) is 4.20. The van der Waals surface area contributed by atoms with Crippen molar-refractivity contribution < 1.29 is 8.42 Å². The number of rotatable bonds is 4. The minimum Gasteiger partial charge on any atom is -0.264 e. The molecule has 1 aromatic carbocycles. The Morgan fingerprint density at radius 2 is 1.85 bits per heavy atom. The van der Waals surface area contributed by atoms with Gasteiger partial charge in [-0.2, -0.15) is 0 Å². The molecule has 0 bridgehead atoms. The average molecular weight is 290 g/mol. The Labute approximate surface area is 119 Å². The van der Waals surface area contributed by atoms with Gasteiger partial charge in [0.2, 0.25) is 10.0 Å². The van der Waals surface area contributed by atoms with Crippen LogP contribution in [0, 0.1) is 20.8 Å². The van der Waals surface area contributed by atoms with Crippen LogP contribution in [0.4, 0.5) is 0 Å². The lowest BCUT2D eigenvalue weighted by Crippen LogP contribution is -2.24. The molecule has 0 saturated carbocycles. The van der Waals surface area contributed by atoms with Gasteiger partial charge in [0.05, 0.1) is 4.90 Å². The number of benzene rings is 1. The lowest BCUT2D eigenvalue weighted by molar-refractivity contribution is 0.580. The summed E-state index contributed by atoms with van der Waals surface area (Å²) in [6.45, 7) is 5.98. The molecule has 4 nitrogen and oxygen atoms in total. The van der Waals surface area contributed by atoms with Gasteiger partial charge in [-0.3, -0.25) is 4.98 Å². The van der Waals surface area contributed by atoms with E-state index in [4.69, 9.17) is 0 Å². The minimum atomic E-state index is -3.51. The van der Waals surface area contributed by atoms with E-state index in [1.165, 1.54) is 0 Å². The predicted molar refractivity (Wildman–Crippen MR) is 78.9 cm³/mol. The van der Waals surface area contributed by atoms with Crippen LogP contribution >= 0.6 is 0 Å². The quantitative estimate of drug-likeness (QED) is 0.941. The maximum absolute atomic E-state index is 12.4. The van der Waals surface area contributed by atoms with E-state index in [2.05, 4.69) is 9.71 Å². The molecule has 0 fully saturated rings. The van der Waals surface area contributed by atoms with Crippen LogP contribution in [0.15, 0.2) is 41.6 Å². The fourth-order valence-corrected chi connectivity index (χ4v) is 3.30. The minimum absolute atomic E-state index is 0.239. The summed E-state index contributed by atoms with van der Waals surface area (Å²) in [5.41, 5.74) is 3.73. The van der Waals surface area contributed by atoms with Gasteiger partial charge in [-0.15, -0.1) is 0 Å². The molecule has 0 aliphatic rings. The molecule has 0 radical (unpaired) electrons. The second-order valence-electron chi connectivity index (χ2n) is 4.82. The average Bonchev–Trinajstić information content (AvgIpc) is 2.44. The number of nitrogens with one attached hydrogen (secondary N) is 1.